The number of ether oxygens (including phenoxy) is 1. The fourth-order valence-electron chi connectivity index (χ4n) is 1.45. The zero-order valence-corrected chi connectivity index (χ0v) is 11.7. The van der Waals surface area contributed by atoms with Gasteiger partial charge in [0.1, 0.15) is 5.82 Å². The van der Waals surface area contributed by atoms with Crippen LogP contribution in [0.2, 0.25) is 0 Å². The predicted molar refractivity (Wildman–Crippen MR) is 69.3 cm³/mol. The molecule has 104 valence electrons. The predicted octanol–water partition coefficient (Wildman–Crippen LogP) is 1.98. The average molecular weight is 334 g/mol. The zero-order valence-electron chi connectivity index (χ0n) is 10.1. The van der Waals surface area contributed by atoms with Gasteiger partial charge in [-0.15, -0.1) is 4.94 Å². The molecule has 0 unspecified atom stereocenters. The van der Waals surface area contributed by atoms with Crippen molar-refractivity contribution < 1.29 is 19.3 Å². The number of rotatable bonds is 5. The van der Waals surface area contributed by atoms with Gasteiger partial charge in [0.05, 0.1) is 23.0 Å². The summed E-state index contributed by atoms with van der Waals surface area (Å²) >= 11 is 3.09. The summed E-state index contributed by atoms with van der Waals surface area (Å²) in [5.41, 5.74) is 0.566. The van der Waals surface area contributed by atoms with E-state index in [1.54, 1.807) is 7.11 Å². The Labute approximate surface area is 118 Å². The van der Waals surface area contributed by atoms with Gasteiger partial charge in [0, 0.05) is 13.7 Å². The van der Waals surface area contributed by atoms with E-state index in [0.717, 1.165) is 0 Å². The number of hydrogen-bond donors (Lipinski definition) is 2. The second-order valence-electron chi connectivity index (χ2n) is 3.71. The van der Waals surface area contributed by atoms with E-state index < -0.39 is 0 Å². The Kier molecular flexibility index (Phi) is 4.59. The van der Waals surface area contributed by atoms with Crippen molar-refractivity contribution in [2.45, 2.75) is 0 Å². The Bertz CT molecular complexity index is 486. The molecule has 0 amide bonds. The van der Waals surface area contributed by atoms with Crippen LogP contribution in [0.1, 0.15) is 0 Å². The Hall–Kier alpha value is -1.35. The molecule has 0 spiro atoms. The van der Waals surface area contributed by atoms with Gasteiger partial charge in [0.15, 0.2) is 5.82 Å². The number of anilines is 1. The number of hydrogen-bond acceptors (Lipinski definition) is 6. The van der Waals surface area contributed by atoms with Crippen LogP contribution in [-0.2, 0) is 9.68 Å². The highest BCUT2D eigenvalue weighted by Crippen LogP contribution is 2.26. The molecule has 0 aromatic heterocycles. The summed E-state index contributed by atoms with van der Waals surface area (Å²) in [6.45, 7) is 1.01. The summed E-state index contributed by atoms with van der Waals surface area (Å²) in [5.74, 6) is -0.0104. The second kappa shape index (κ2) is 6.20. The second-order valence-corrected chi connectivity index (χ2v) is 4.57. The lowest BCUT2D eigenvalue weighted by Crippen LogP contribution is -2.28. The van der Waals surface area contributed by atoms with Gasteiger partial charge in [0.25, 0.3) is 0 Å². The van der Waals surface area contributed by atoms with Gasteiger partial charge >= 0.3 is 0 Å². The highest BCUT2D eigenvalue weighted by atomic mass is 79.9. The lowest BCUT2D eigenvalue weighted by atomic mass is 10.3. The van der Waals surface area contributed by atoms with Gasteiger partial charge in [-0.05, 0) is 34.1 Å². The molecule has 2 rings (SSSR count). The number of benzene rings is 1. The molecular formula is C11H13BrFN3O3. The number of hydroxylamine groups is 3. The van der Waals surface area contributed by atoms with E-state index in [1.807, 2.05) is 0 Å². The van der Waals surface area contributed by atoms with Crippen LogP contribution in [0.25, 0.3) is 0 Å². The van der Waals surface area contributed by atoms with Crippen molar-refractivity contribution >= 4 is 21.6 Å². The standard InChI is InChI=1S/C11H13BrFN3O3/c1-18-5-4-14-11-7-15(19-16(11)17)8-2-3-10(13)9(12)6-8/h2-3,6-7,14,17H,4-5H2,1H3. The minimum atomic E-state index is -0.369. The van der Waals surface area contributed by atoms with Gasteiger partial charge in [0.2, 0.25) is 0 Å². The molecule has 0 saturated heterocycles. The normalized spacial score (nSPS) is 14.8. The maximum Gasteiger partial charge on any atom is 0.179 e. The molecule has 8 heteroatoms. The van der Waals surface area contributed by atoms with Crippen LogP contribution < -0.4 is 10.4 Å². The van der Waals surface area contributed by atoms with Crippen LogP contribution in [0, 0.1) is 5.82 Å². The minimum Gasteiger partial charge on any atom is -0.383 e. The van der Waals surface area contributed by atoms with Gasteiger partial charge in [-0.1, -0.05) is 5.23 Å². The molecule has 1 aromatic carbocycles. The quantitative estimate of drug-likeness (QED) is 0.803. The van der Waals surface area contributed by atoms with Crippen LogP contribution in [0.5, 0.6) is 0 Å². The van der Waals surface area contributed by atoms with Crippen LogP contribution in [0.15, 0.2) is 34.7 Å². The molecule has 0 atom stereocenters. The van der Waals surface area contributed by atoms with Crippen molar-refractivity contribution in [1.82, 2.24) is 10.5 Å². The molecule has 1 aromatic rings. The highest BCUT2D eigenvalue weighted by Gasteiger charge is 2.22. The van der Waals surface area contributed by atoms with E-state index in [2.05, 4.69) is 21.2 Å². The van der Waals surface area contributed by atoms with Crippen LogP contribution >= 0.6 is 15.9 Å². The fraction of sp³-hybridized carbons (Fsp3) is 0.273. The van der Waals surface area contributed by atoms with Crippen LogP contribution in [0.4, 0.5) is 10.1 Å². The number of nitrogens with one attached hydrogen (secondary N) is 1. The summed E-state index contributed by atoms with van der Waals surface area (Å²) < 4.78 is 18.3. The van der Waals surface area contributed by atoms with Crippen molar-refractivity contribution in [1.29, 1.82) is 0 Å². The molecule has 0 bridgehead atoms. The molecule has 0 aliphatic carbocycles. The van der Waals surface area contributed by atoms with E-state index in [-0.39, 0.29) is 5.82 Å². The number of nitrogens with zero attached hydrogens (tertiary/aromatic N) is 2. The van der Waals surface area contributed by atoms with E-state index in [0.29, 0.717) is 34.4 Å². The molecular weight excluding hydrogens is 321 g/mol. The van der Waals surface area contributed by atoms with Gasteiger partial charge in [-0.25, -0.2) is 4.39 Å². The molecule has 0 saturated carbocycles. The van der Waals surface area contributed by atoms with E-state index >= 15 is 0 Å². The summed E-state index contributed by atoms with van der Waals surface area (Å²) in [7, 11) is 1.58. The summed E-state index contributed by atoms with van der Waals surface area (Å²) in [5, 5.41) is 14.4. The highest BCUT2D eigenvalue weighted by molar-refractivity contribution is 9.10. The zero-order chi connectivity index (χ0) is 13.8. The Morgan fingerprint density at radius 3 is 3.00 bits per heavy atom. The monoisotopic (exact) mass is 333 g/mol. The SMILES string of the molecule is COCCNC1=CN(c2ccc(F)c(Br)c2)ON1O. The van der Waals surface area contributed by atoms with Crippen molar-refractivity contribution in [3.63, 3.8) is 0 Å². The number of halogens is 2. The van der Waals surface area contributed by atoms with Crippen molar-refractivity contribution in [3.8, 4) is 0 Å². The third-order valence-corrected chi connectivity index (χ3v) is 2.99. The molecule has 2 N–H and O–H groups in total. The molecule has 0 radical (unpaired) electrons. The smallest absolute Gasteiger partial charge is 0.179 e. The van der Waals surface area contributed by atoms with E-state index in [4.69, 9.17) is 9.68 Å². The van der Waals surface area contributed by atoms with Crippen molar-refractivity contribution in [3.05, 3.63) is 40.5 Å². The Morgan fingerprint density at radius 2 is 2.32 bits per heavy atom. The van der Waals surface area contributed by atoms with Crippen molar-refractivity contribution in [2.75, 3.05) is 25.3 Å². The van der Waals surface area contributed by atoms with Gasteiger partial charge in [-0.2, -0.15) is 5.06 Å². The summed E-state index contributed by atoms with van der Waals surface area (Å²) in [6.07, 6.45) is 1.54. The van der Waals surface area contributed by atoms with Crippen LogP contribution in [0.3, 0.4) is 0 Å². The average Bonchev–Trinajstić information content (AvgIpc) is 2.75. The van der Waals surface area contributed by atoms with Crippen molar-refractivity contribution in [2.24, 2.45) is 0 Å². The summed E-state index contributed by atoms with van der Waals surface area (Å²) in [6, 6.07) is 4.37. The van der Waals surface area contributed by atoms with Gasteiger partial charge in [-0.3, -0.25) is 5.21 Å². The van der Waals surface area contributed by atoms with Crippen LogP contribution in [-0.4, -0.2) is 30.7 Å². The third kappa shape index (κ3) is 3.35. The van der Waals surface area contributed by atoms with Gasteiger partial charge < -0.3 is 10.1 Å². The first kappa shape index (κ1) is 14.1. The molecule has 1 aliphatic rings. The maximum atomic E-state index is 13.1. The Morgan fingerprint density at radius 1 is 1.53 bits per heavy atom. The lowest BCUT2D eigenvalue weighted by Gasteiger charge is -2.16. The maximum absolute atomic E-state index is 13.1. The first-order valence-electron chi connectivity index (χ1n) is 5.48. The Balaban J connectivity index is 2.07. The molecule has 19 heavy (non-hydrogen) atoms. The molecule has 1 heterocycles. The fourth-order valence-corrected chi connectivity index (χ4v) is 1.82. The first-order valence-corrected chi connectivity index (χ1v) is 6.27. The van der Waals surface area contributed by atoms with E-state index in [9.17, 15) is 9.60 Å². The molecule has 1 aliphatic heterocycles. The molecule has 0 fully saturated rings. The summed E-state index contributed by atoms with van der Waals surface area (Å²) in [4.78, 5) is 5.07. The topological polar surface area (TPSA) is 57.2 Å². The largest absolute Gasteiger partial charge is 0.383 e. The first-order chi connectivity index (χ1) is 9.11. The lowest BCUT2D eigenvalue weighted by molar-refractivity contribution is -0.306. The van der Waals surface area contributed by atoms with E-state index in [1.165, 1.54) is 29.5 Å². The number of methoxy groups -OCH3 is 1. The third-order valence-electron chi connectivity index (χ3n) is 2.38. The molecule has 6 nitrogen and oxygen atoms in total. The minimum absolute atomic E-state index is 0.312.